The molecule has 1 saturated heterocycles. The Balaban J connectivity index is 2.09. The number of likely N-dealkylation sites (tertiary alicyclic amines) is 1. The Morgan fingerprint density at radius 1 is 1.27 bits per heavy atom. The zero-order chi connectivity index (χ0) is 10.7. The Kier molecular flexibility index (Phi) is 3.39. The van der Waals surface area contributed by atoms with E-state index in [1.54, 1.807) is 0 Å². The lowest BCUT2D eigenvalue weighted by Gasteiger charge is -2.36. The van der Waals surface area contributed by atoms with Gasteiger partial charge in [0.1, 0.15) is 0 Å². The summed E-state index contributed by atoms with van der Waals surface area (Å²) >= 11 is 0. The van der Waals surface area contributed by atoms with Crippen LogP contribution in [0.1, 0.15) is 30.9 Å². The van der Waals surface area contributed by atoms with Gasteiger partial charge in [0.25, 0.3) is 0 Å². The van der Waals surface area contributed by atoms with Crippen LogP contribution in [0.5, 0.6) is 0 Å². The van der Waals surface area contributed by atoms with Crippen LogP contribution < -0.4 is 5.73 Å². The lowest BCUT2D eigenvalue weighted by molar-refractivity contribution is 0.160. The molecule has 1 heterocycles. The SMILES string of the molecule is CN1CCCCC1C(N)c1ccccc1. The van der Waals surface area contributed by atoms with Gasteiger partial charge in [-0.25, -0.2) is 0 Å². The summed E-state index contributed by atoms with van der Waals surface area (Å²) in [6.45, 7) is 1.19. The topological polar surface area (TPSA) is 29.3 Å². The average molecular weight is 204 g/mol. The number of benzene rings is 1. The van der Waals surface area contributed by atoms with E-state index in [0.717, 1.165) is 0 Å². The summed E-state index contributed by atoms with van der Waals surface area (Å²) in [6, 6.07) is 11.1. The fraction of sp³-hybridized carbons (Fsp3) is 0.538. The molecule has 0 bridgehead atoms. The van der Waals surface area contributed by atoms with Crippen molar-refractivity contribution in [3.63, 3.8) is 0 Å². The molecule has 1 aliphatic rings. The van der Waals surface area contributed by atoms with Crippen molar-refractivity contribution in [3.05, 3.63) is 35.9 Å². The van der Waals surface area contributed by atoms with Crippen LogP contribution in [0.25, 0.3) is 0 Å². The number of likely N-dealkylation sites (N-methyl/N-ethyl adjacent to an activating group) is 1. The summed E-state index contributed by atoms with van der Waals surface area (Å²) < 4.78 is 0. The van der Waals surface area contributed by atoms with E-state index in [-0.39, 0.29) is 6.04 Å². The summed E-state index contributed by atoms with van der Waals surface area (Å²) in [7, 11) is 2.19. The van der Waals surface area contributed by atoms with Crippen LogP contribution >= 0.6 is 0 Å². The summed E-state index contributed by atoms with van der Waals surface area (Å²) in [6.07, 6.45) is 3.86. The first kappa shape index (κ1) is 10.7. The Morgan fingerprint density at radius 2 is 2.00 bits per heavy atom. The van der Waals surface area contributed by atoms with Gasteiger partial charge >= 0.3 is 0 Å². The minimum Gasteiger partial charge on any atom is -0.323 e. The molecule has 2 N–H and O–H groups in total. The van der Waals surface area contributed by atoms with Gasteiger partial charge in [-0.15, -0.1) is 0 Å². The number of rotatable bonds is 2. The lowest BCUT2D eigenvalue weighted by Crippen LogP contribution is -2.43. The first-order valence-electron chi connectivity index (χ1n) is 5.80. The highest BCUT2D eigenvalue weighted by Gasteiger charge is 2.25. The molecule has 2 nitrogen and oxygen atoms in total. The fourth-order valence-electron chi connectivity index (χ4n) is 2.45. The molecule has 2 atom stereocenters. The van der Waals surface area contributed by atoms with E-state index in [2.05, 4.69) is 36.2 Å². The zero-order valence-electron chi connectivity index (χ0n) is 9.39. The van der Waals surface area contributed by atoms with Crippen molar-refractivity contribution in [1.82, 2.24) is 4.90 Å². The van der Waals surface area contributed by atoms with E-state index in [4.69, 9.17) is 5.73 Å². The van der Waals surface area contributed by atoms with E-state index in [1.807, 2.05) is 6.07 Å². The molecule has 0 aromatic heterocycles. The Morgan fingerprint density at radius 3 is 2.67 bits per heavy atom. The molecular formula is C13H20N2. The molecule has 2 heteroatoms. The van der Waals surface area contributed by atoms with Gasteiger partial charge in [-0.3, -0.25) is 0 Å². The maximum atomic E-state index is 6.32. The van der Waals surface area contributed by atoms with Crippen molar-refractivity contribution in [1.29, 1.82) is 0 Å². The second kappa shape index (κ2) is 4.77. The molecule has 1 aliphatic heterocycles. The van der Waals surface area contributed by atoms with E-state index in [1.165, 1.54) is 31.4 Å². The van der Waals surface area contributed by atoms with Crippen LogP contribution in [0.2, 0.25) is 0 Å². The number of nitrogens with zero attached hydrogens (tertiary/aromatic N) is 1. The zero-order valence-corrected chi connectivity index (χ0v) is 9.39. The first-order valence-corrected chi connectivity index (χ1v) is 5.80. The predicted molar refractivity (Wildman–Crippen MR) is 63.6 cm³/mol. The van der Waals surface area contributed by atoms with Gasteiger partial charge in [0.05, 0.1) is 0 Å². The Bertz CT molecular complexity index is 297. The second-order valence-electron chi connectivity index (χ2n) is 4.48. The summed E-state index contributed by atoms with van der Waals surface area (Å²) in [5.41, 5.74) is 7.58. The molecule has 2 rings (SSSR count). The number of nitrogens with two attached hydrogens (primary N) is 1. The van der Waals surface area contributed by atoms with Crippen LogP contribution in [0.15, 0.2) is 30.3 Å². The normalized spacial score (nSPS) is 25.1. The molecule has 1 aromatic rings. The molecule has 2 unspecified atom stereocenters. The van der Waals surface area contributed by atoms with Gasteiger partial charge in [-0.2, -0.15) is 0 Å². The average Bonchev–Trinajstić information content (AvgIpc) is 2.30. The predicted octanol–water partition coefficient (Wildman–Crippen LogP) is 2.17. The molecule has 1 aromatic carbocycles. The lowest BCUT2D eigenvalue weighted by atomic mass is 9.92. The minimum atomic E-state index is 0.163. The molecule has 0 amide bonds. The van der Waals surface area contributed by atoms with Crippen molar-refractivity contribution in [2.45, 2.75) is 31.3 Å². The van der Waals surface area contributed by atoms with Crippen molar-refractivity contribution < 1.29 is 0 Å². The standard InChI is InChI=1S/C13H20N2/c1-15-10-6-5-9-12(15)13(14)11-7-3-2-4-8-11/h2-4,7-8,12-13H,5-6,9-10,14H2,1H3. The van der Waals surface area contributed by atoms with Crippen LogP contribution in [0.4, 0.5) is 0 Å². The smallest absolute Gasteiger partial charge is 0.0452 e. The largest absolute Gasteiger partial charge is 0.323 e. The summed E-state index contributed by atoms with van der Waals surface area (Å²) in [4.78, 5) is 2.40. The van der Waals surface area contributed by atoms with E-state index in [0.29, 0.717) is 6.04 Å². The van der Waals surface area contributed by atoms with Gasteiger partial charge in [-0.05, 0) is 32.0 Å². The van der Waals surface area contributed by atoms with E-state index < -0.39 is 0 Å². The maximum absolute atomic E-state index is 6.32. The highest BCUT2D eigenvalue weighted by molar-refractivity contribution is 5.20. The van der Waals surface area contributed by atoms with Crippen molar-refractivity contribution in [3.8, 4) is 0 Å². The molecule has 0 saturated carbocycles. The highest BCUT2D eigenvalue weighted by Crippen LogP contribution is 2.25. The maximum Gasteiger partial charge on any atom is 0.0452 e. The van der Waals surface area contributed by atoms with E-state index in [9.17, 15) is 0 Å². The van der Waals surface area contributed by atoms with E-state index >= 15 is 0 Å². The van der Waals surface area contributed by atoms with Crippen LogP contribution in [-0.4, -0.2) is 24.5 Å². The van der Waals surface area contributed by atoms with Crippen LogP contribution in [0, 0.1) is 0 Å². The van der Waals surface area contributed by atoms with Gasteiger partial charge in [0.2, 0.25) is 0 Å². The molecule has 82 valence electrons. The third-order valence-electron chi connectivity index (χ3n) is 3.43. The fourth-order valence-corrected chi connectivity index (χ4v) is 2.45. The molecule has 0 radical (unpaired) electrons. The van der Waals surface area contributed by atoms with Gasteiger partial charge in [0.15, 0.2) is 0 Å². The minimum absolute atomic E-state index is 0.163. The van der Waals surface area contributed by atoms with Crippen molar-refractivity contribution >= 4 is 0 Å². The van der Waals surface area contributed by atoms with Gasteiger partial charge in [-0.1, -0.05) is 36.8 Å². The van der Waals surface area contributed by atoms with Crippen molar-refractivity contribution in [2.24, 2.45) is 5.73 Å². The van der Waals surface area contributed by atoms with Gasteiger partial charge < -0.3 is 10.6 Å². The van der Waals surface area contributed by atoms with Crippen molar-refractivity contribution in [2.75, 3.05) is 13.6 Å². The van der Waals surface area contributed by atoms with Crippen LogP contribution in [-0.2, 0) is 0 Å². The quantitative estimate of drug-likeness (QED) is 0.800. The molecule has 15 heavy (non-hydrogen) atoms. The monoisotopic (exact) mass is 204 g/mol. The number of hydrogen-bond donors (Lipinski definition) is 1. The number of hydrogen-bond acceptors (Lipinski definition) is 2. The molecule has 1 fully saturated rings. The summed E-state index contributed by atoms with van der Waals surface area (Å²) in [5, 5.41) is 0. The third kappa shape index (κ3) is 2.39. The molecule has 0 aliphatic carbocycles. The molecule has 0 spiro atoms. The molecular weight excluding hydrogens is 184 g/mol. The second-order valence-corrected chi connectivity index (χ2v) is 4.48. The Hall–Kier alpha value is -0.860. The summed E-state index contributed by atoms with van der Waals surface area (Å²) in [5.74, 6) is 0. The Labute approximate surface area is 92.1 Å². The highest BCUT2D eigenvalue weighted by atomic mass is 15.1. The number of piperidine rings is 1. The van der Waals surface area contributed by atoms with Gasteiger partial charge in [0, 0.05) is 12.1 Å². The third-order valence-corrected chi connectivity index (χ3v) is 3.43. The van der Waals surface area contributed by atoms with Crippen LogP contribution in [0.3, 0.4) is 0 Å². The first-order chi connectivity index (χ1) is 7.29.